The number of nitrogens with one attached hydrogen (secondary N) is 2. The van der Waals surface area contributed by atoms with Crippen molar-refractivity contribution in [3.8, 4) is 22.9 Å². The second-order valence-electron chi connectivity index (χ2n) is 9.08. The summed E-state index contributed by atoms with van der Waals surface area (Å²) in [7, 11) is -4.16. The number of H-pyrrole nitrogens is 1. The molecule has 0 aliphatic heterocycles. The van der Waals surface area contributed by atoms with Gasteiger partial charge in [-0.05, 0) is 56.0 Å². The Morgan fingerprint density at radius 3 is 2.50 bits per heavy atom. The van der Waals surface area contributed by atoms with Gasteiger partial charge in [0.1, 0.15) is 11.3 Å². The van der Waals surface area contributed by atoms with Gasteiger partial charge in [0.2, 0.25) is 5.88 Å². The van der Waals surface area contributed by atoms with Gasteiger partial charge in [-0.15, -0.1) is 0 Å². The fourth-order valence-corrected chi connectivity index (χ4v) is 4.75. The van der Waals surface area contributed by atoms with Crippen LogP contribution in [0.3, 0.4) is 0 Å². The number of carbonyl (C=O) groups excluding carboxylic acids is 1. The summed E-state index contributed by atoms with van der Waals surface area (Å²) in [5, 5.41) is 10.1. The third-order valence-electron chi connectivity index (χ3n) is 5.38. The molecule has 1 aromatic carbocycles. The molecule has 11 heteroatoms. The van der Waals surface area contributed by atoms with Gasteiger partial charge in [-0.25, -0.2) is 9.71 Å². The maximum atomic E-state index is 13.1. The van der Waals surface area contributed by atoms with Gasteiger partial charge in [0.25, 0.3) is 15.9 Å². The summed E-state index contributed by atoms with van der Waals surface area (Å²) in [5.41, 5.74) is 4.04. The number of hydrogen-bond acceptors (Lipinski definition) is 7. The molecule has 0 fully saturated rings. The van der Waals surface area contributed by atoms with E-state index in [4.69, 9.17) is 4.74 Å². The van der Waals surface area contributed by atoms with Crippen molar-refractivity contribution < 1.29 is 17.9 Å². The van der Waals surface area contributed by atoms with Crippen molar-refractivity contribution in [2.45, 2.75) is 46.2 Å². The minimum atomic E-state index is -4.16. The topological polar surface area (TPSA) is 132 Å². The number of aromatic amines is 1. The van der Waals surface area contributed by atoms with Gasteiger partial charge in [-0.3, -0.25) is 14.6 Å². The summed E-state index contributed by atoms with van der Waals surface area (Å²) in [6.07, 6.45) is 4.85. The van der Waals surface area contributed by atoms with E-state index >= 15 is 0 Å². The molecule has 2 N–H and O–H groups in total. The van der Waals surface area contributed by atoms with Crippen LogP contribution in [0.2, 0.25) is 0 Å². The van der Waals surface area contributed by atoms with Crippen LogP contribution in [0.25, 0.3) is 11.3 Å². The predicted octanol–water partition coefficient (Wildman–Crippen LogP) is 4.16. The molecule has 3 heterocycles. The van der Waals surface area contributed by atoms with E-state index in [0.717, 1.165) is 28.8 Å². The Morgan fingerprint density at radius 1 is 1.14 bits per heavy atom. The first-order valence-electron chi connectivity index (χ1n) is 11.4. The number of amides is 1. The summed E-state index contributed by atoms with van der Waals surface area (Å²) in [6.45, 7) is 10.7. The number of pyridine rings is 1. The second kappa shape index (κ2) is 9.94. The number of sulfonamides is 1. The van der Waals surface area contributed by atoms with Crippen LogP contribution in [0.4, 0.5) is 0 Å². The smallest absolute Gasteiger partial charge is 0.281 e. The molecule has 0 aliphatic carbocycles. The molecule has 0 spiro atoms. The Balaban J connectivity index is 1.75. The van der Waals surface area contributed by atoms with E-state index in [-0.39, 0.29) is 16.5 Å². The van der Waals surface area contributed by atoms with Gasteiger partial charge in [-0.1, -0.05) is 31.5 Å². The van der Waals surface area contributed by atoms with Gasteiger partial charge >= 0.3 is 0 Å². The average Bonchev–Trinajstić information content (AvgIpc) is 3.48. The SMILES string of the molecule is Cc1cc(C)c(Oc2nc(-c3cnn(CC(C)C)c3)ccc2C(=O)NS(=O)(=O)c2ccn[nH]2)c(C)c1. The quantitative estimate of drug-likeness (QED) is 0.365. The number of ether oxygens (including phenoxy) is 1. The maximum Gasteiger partial charge on any atom is 0.281 e. The van der Waals surface area contributed by atoms with Crippen LogP contribution in [-0.2, 0) is 16.6 Å². The van der Waals surface area contributed by atoms with Gasteiger partial charge in [0.15, 0.2) is 5.03 Å². The monoisotopic (exact) mass is 508 g/mol. The summed E-state index contributed by atoms with van der Waals surface area (Å²) in [4.78, 5) is 17.7. The first-order valence-corrected chi connectivity index (χ1v) is 12.9. The first kappa shape index (κ1) is 25.1. The highest BCUT2D eigenvalue weighted by Crippen LogP contribution is 2.32. The number of rotatable bonds is 8. The molecular weight excluding hydrogens is 480 g/mol. The van der Waals surface area contributed by atoms with Crippen LogP contribution >= 0.6 is 0 Å². The normalized spacial score (nSPS) is 11.6. The van der Waals surface area contributed by atoms with E-state index in [1.807, 2.05) is 43.8 Å². The fourth-order valence-electron chi connectivity index (χ4n) is 3.87. The summed E-state index contributed by atoms with van der Waals surface area (Å²) in [5.74, 6) is 0.0688. The van der Waals surface area contributed by atoms with E-state index in [1.54, 1.807) is 12.3 Å². The zero-order valence-electron chi connectivity index (χ0n) is 20.7. The van der Waals surface area contributed by atoms with Crippen LogP contribution < -0.4 is 9.46 Å². The minimum absolute atomic E-state index is 0.0172. The van der Waals surface area contributed by atoms with E-state index in [9.17, 15) is 13.2 Å². The van der Waals surface area contributed by atoms with Crippen molar-refractivity contribution >= 4 is 15.9 Å². The summed E-state index contributed by atoms with van der Waals surface area (Å²) < 4.78 is 35.2. The molecule has 4 rings (SSSR count). The third-order valence-corrected chi connectivity index (χ3v) is 6.64. The van der Waals surface area contributed by atoms with Gasteiger partial charge in [-0.2, -0.15) is 18.6 Å². The molecule has 0 atom stereocenters. The molecule has 0 bridgehead atoms. The van der Waals surface area contributed by atoms with E-state index in [0.29, 0.717) is 17.4 Å². The lowest BCUT2D eigenvalue weighted by atomic mass is 10.1. The zero-order valence-corrected chi connectivity index (χ0v) is 21.5. The average molecular weight is 509 g/mol. The molecule has 0 unspecified atom stereocenters. The molecular formula is C25H28N6O4S. The van der Waals surface area contributed by atoms with Crippen LogP contribution in [-0.4, -0.2) is 39.3 Å². The Labute approximate surface area is 209 Å². The van der Waals surface area contributed by atoms with Crippen LogP contribution in [0.5, 0.6) is 11.6 Å². The lowest BCUT2D eigenvalue weighted by Crippen LogP contribution is -2.31. The number of aryl methyl sites for hydroxylation is 3. The molecule has 3 aromatic heterocycles. The number of nitrogens with zero attached hydrogens (tertiary/aromatic N) is 4. The highest BCUT2D eigenvalue weighted by atomic mass is 32.2. The Morgan fingerprint density at radius 2 is 1.86 bits per heavy atom. The largest absolute Gasteiger partial charge is 0.438 e. The lowest BCUT2D eigenvalue weighted by Gasteiger charge is -2.15. The molecule has 10 nitrogen and oxygen atoms in total. The lowest BCUT2D eigenvalue weighted by molar-refractivity contribution is 0.0978. The molecule has 4 aromatic rings. The molecule has 0 radical (unpaired) electrons. The third kappa shape index (κ3) is 5.46. The van der Waals surface area contributed by atoms with Crippen molar-refractivity contribution in [1.29, 1.82) is 0 Å². The minimum Gasteiger partial charge on any atom is -0.438 e. The van der Waals surface area contributed by atoms with Crippen molar-refractivity contribution in [3.63, 3.8) is 0 Å². The molecule has 1 amide bonds. The molecule has 36 heavy (non-hydrogen) atoms. The number of benzene rings is 1. The predicted molar refractivity (Wildman–Crippen MR) is 134 cm³/mol. The summed E-state index contributed by atoms with van der Waals surface area (Å²) >= 11 is 0. The first-order chi connectivity index (χ1) is 17.0. The molecule has 0 saturated heterocycles. The van der Waals surface area contributed by atoms with Gasteiger partial charge in [0.05, 0.1) is 18.1 Å². The second-order valence-corrected chi connectivity index (χ2v) is 10.7. The van der Waals surface area contributed by atoms with E-state index in [1.165, 1.54) is 18.3 Å². The van der Waals surface area contributed by atoms with Crippen LogP contribution in [0, 0.1) is 26.7 Å². The maximum absolute atomic E-state index is 13.1. The highest BCUT2D eigenvalue weighted by molar-refractivity contribution is 7.90. The zero-order chi connectivity index (χ0) is 26.0. The van der Waals surface area contributed by atoms with Crippen LogP contribution in [0.15, 0.2) is 53.9 Å². The van der Waals surface area contributed by atoms with Gasteiger partial charge < -0.3 is 4.74 Å². The number of carbonyl (C=O) groups is 1. The Bertz CT molecular complexity index is 1480. The van der Waals surface area contributed by atoms with Crippen molar-refractivity contribution in [2.75, 3.05) is 0 Å². The Hall–Kier alpha value is -3.99. The number of aromatic nitrogens is 5. The number of hydrogen-bond donors (Lipinski definition) is 2. The van der Waals surface area contributed by atoms with Crippen molar-refractivity contribution in [1.82, 2.24) is 29.7 Å². The molecule has 0 saturated carbocycles. The molecule has 188 valence electrons. The summed E-state index contributed by atoms with van der Waals surface area (Å²) in [6, 6.07) is 8.31. The van der Waals surface area contributed by atoms with E-state index < -0.39 is 15.9 Å². The Kier molecular flexibility index (Phi) is 6.93. The molecule has 0 aliphatic rings. The highest BCUT2D eigenvalue weighted by Gasteiger charge is 2.24. The standard InChI is InChI=1S/C25H28N6O4S/c1-15(2)13-31-14-19(12-27-31)21-7-6-20(24(32)30-36(33,34)22-8-9-26-29-22)25(28-21)35-23-17(4)10-16(3)11-18(23)5/h6-12,14-15H,13H2,1-5H3,(H,26,29)(H,30,32). The van der Waals surface area contributed by atoms with Crippen LogP contribution in [0.1, 0.15) is 40.9 Å². The van der Waals surface area contributed by atoms with Gasteiger partial charge in [0, 0.05) is 18.3 Å². The van der Waals surface area contributed by atoms with E-state index in [2.05, 4.69) is 38.8 Å². The van der Waals surface area contributed by atoms with Crippen molar-refractivity contribution in [2.24, 2.45) is 5.92 Å². The fraction of sp³-hybridized carbons (Fsp3) is 0.280. The van der Waals surface area contributed by atoms with Crippen molar-refractivity contribution in [3.05, 3.63) is 71.2 Å².